The second kappa shape index (κ2) is 3.52. The molecule has 0 aromatic heterocycles. The van der Waals surface area contributed by atoms with Crippen LogP contribution in [0.2, 0.25) is 0 Å². The summed E-state index contributed by atoms with van der Waals surface area (Å²) >= 11 is 0. The Bertz CT molecular complexity index is 178. The summed E-state index contributed by atoms with van der Waals surface area (Å²) in [5.74, 6) is -2.47. The fourth-order valence-electron chi connectivity index (χ4n) is 2.26. The highest BCUT2D eigenvalue weighted by Crippen LogP contribution is 2.44. The topological polar surface area (TPSA) is 26.0 Å². The van der Waals surface area contributed by atoms with Crippen molar-refractivity contribution >= 4 is 0 Å². The van der Waals surface area contributed by atoms with Crippen molar-refractivity contribution in [3.05, 3.63) is 0 Å². The molecule has 1 saturated carbocycles. The normalized spacial score (nSPS) is 27.9. The van der Waals surface area contributed by atoms with Gasteiger partial charge in [0.1, 0.15) is 0 Å². The number of alkyl halides is 2. The van der Waals surface area contributed by atoms with Crippen LogP contribution in [0.3, 0.4) is 0 Å². The van der Waals surface area contributed by atoms with Crippen LogP contribution in [0.1, 0.15) is 39.5 Å². The maximum Gasteiger partial charge on any atom is 0.260 e. The predicted molar refractivity (Wildman–Crippen MR) is 49.7 cm³/mol. The van der Waals surface area contributed by atoms with Crippen LogP contribution >= 0.6 is 0 Å². The molecule has 0 aromatic rings. The highest BCUT2D eigenvalue weighted by molar-refractivity contribution is 4.85. The zero-order valence-corrected chi connectivity index (χ0v) is 8.45. The van der Waals surface area contributed by atoms with Crippen molar-refractivity contribution in [1.82, 2.24) is 0 Å². The zero-order chi connectivity index (χ0) is 10.1. The average molecular weight is 191 g/mol. The van der Waals surface area contributed by atoms with Gasteiger partial charge in [-0.15, -0.1) is 0 Å². The molecule has 1 aliphatic carbocycles. The van der Waals surface area contributed by atoms with Gasteiger partial charge in [-0.05, 0) is 30.6 Å². The molecule has 13 heavy (non-hydrogen) atoms. The van der Waals surface area contributed by atoms with E-state index in [1.807, 2.05) is 0 Å². The minimum atomic E-state index is -2.65. The molecule has 0 bridgehead atoms. The second-order valence-electron chi connectivity index (χ2n) is 5.04. The van der Waals surface area contributed by atoms with Crippen LogP contribution in [0, 0.1) is 11.3 Å². The summed E-state index contributed by atoms with van der Waals surface area (Å²) in [4.78, 5) is 0. The Morgan fingerprint density at radius 1 is 1.46 bits per heavy atom. The lowest BCUT2D eigenvalue weighted by atomic mass is 9.89. The van der Waals surface area contributed by atoms with E-state index in [0.717, 1.165) is 19.3 Å². The van der Waals surface area contributed by atoms with E-state index >= 15 is 0 Å². The van der Waals surface area contributed by atoms with E-state index in [2.05, 4.69) is 13.8 Å². The van der Waals surface area contributed by atoms with E-state index in [1.165, 1.54) is 0 Å². The molecule has 0 amide bonds. The number of halogens is 2. The molecule has 1 unspecified atom stereocenters. The molecule has 0 radical (unpaired) electrons. The molecule has 1 atom stereocenters. The van der Waals surface area contributed by atoms with Crippen LogP contribution in [-0.4, -0.2) is 12.5 Å². The van der Waals surface area contributed by atoms with Crippen molar-refractivity contribution in [2.75, 3.05) is 6.54 Å². The standard InChI is InChI=1S/C10H19F2N/c1-9(2)4-3-8(5-9)6-10(11,12)7-13/h8H,3-7,13H2,1-2H3. The van der Waals surface area contributed by atoms with Crippen molar-refractivity contribution in [2.24, 2.45) is 17.1 Å². The molecular formula is C10H19F2N. The molecule has 3 heteroatoms. The largest absolute Gasteiger partial charge is 0.325 e. The maximum atomic E-state index is 12.9. The number of nitrogens with two attached hydrogens (primary N) is 1. The number of hydrogen-bond donors (Lipinski definition) is 1. The fourth-order valence-corrected chi connectivity index (χ4v) is 2.26. The third kappa shape index (κ3) is 3.22. The van der Waals surface area contributed by atoms with Gasteiger partial charge in [-0.1, -0.05) is 13.8 Å². The van der Waals surface area contributed by atoms with Crippen molar-refractivity contribution in [2.45, 2.75) is 45.5 Å². The monoisotopic (exact) mass is 191 g/mol. The van der Waals surface area contributed by atoms with Crippen LogP contribution in [0.5, 0.6) is 0 Å². The molecular weight excluding hydrogens is 172 g/mol. The Kier molecular flexibility index (Phi) is 2.95. The molecule has 1 fully saturated rings. The van der Waals surface area contributed by atoms with Crippen LogP contribution < -0.4 is 5.73 Å². The van der Waals surface area contributed by atoms with Crippen LogP contribution in [0.25, 0.3) is 0 Å². The third-order valence-corrected chi connectivity index (χ3v) is 2.96. The molecule has 0 saturated heterocycles. The first-order chi connectivity index (χ1) is 5.85. The first-order valence-corrected chi connectivity index (χ1v) is 4.93. The average Bonchev–Trinajstić information content (AvgIpc) is 2.29. The van der Waals surface area contributed by atoms with Gasteiger partial charge in [-0.2, -0.15) is 0 Å². The van der Waals surface area contributed by atoms with E-state index < -0.39 is 12.5 Å². The van der Waals surface area contributed by atoms with Gasteiger partial charge in [0.15, 0.2) is 0 Å². The molecule has 1 rings (SSSR count). The lowest BCUT2D eigenvalue weighted by molar-refractivity contribution is -0.0139. The van der Waals surface area contributed by atoms with Gasteiger partial charge < -0.3 is 5.73 Å². The molecule has 0 aliphatic heterocycles. The van der Waals surface area contributed by atoms with Crippen molar-refractivity contribution < 1.29 is 8.78 Å². The minimum Gasteiger partial charge on any atom is -0.325 e. The molecule has 1 nitrogen and oxygen atoms in total. The third-order valence-electron chi connectivity index (χ3n) is 2.96. The summed E-state index contributed by atoms with van der Waals surface area (Å²) in [7, 11) is 0. The van der Waals surface area contributed by atoms with E-state index in [4.69, 9.17) is 5.73 Å². The minimum absolute atomic E-state index is 0.0209. The van der Waals surface area contributed by atoms with Crippen LogP contribution in [0.15, 0.2) is 0 Å². The van der Waals surface area contributed by atoms with E-state index in [-0.39, 0.29) is 17.8 Å². The van der Waals surface area contributed by atoms with Gasteiger partial charge >= 0.3 is 0 Å². The smallest absolute Gasteiger partial charge is 0.260 e. The van der Waals surface area contributed by atoms with Crippen molar-refractivity contribution in [3.8, 4) is 0 Å². The second-order valence-corrected chi connectivity index (χ2v) is 5.04. The first kappa shape index (κ1) is 10.9. The number of hydrogen-bond acceptors (Lipinski definition) is 1. The van der Waals surface area contributed by atoms with E-state index in [1.54, 1.807) is 0 Å². The van der Waals surface area contributed by atoms with Crippen LogP contribution in [-0.2, 0) is 0 Å². The highest BCUT2D eigenvalue weighted by Gasteiger charge is 2.37. The van der Waals surface area contributed by atoms with E-state index in [0.29, 0.717) is 0 Å². The molecule has 78 valence electrons. The summed E-state index contributed by atoms with van der Waals surface area (Å²) in [6, 6.07) is 0. The van der Waals surface area contributed by atoms with Gasteiger partial charge in [0, 0.05) is 6.42 Å². The Morgan fingerprint density at radius 2 is 2.08 bits per heavy atom. The molecule has 0 heterocycles. The van der Waals surface area contributed by atoms with Gasteiger partial charge in [0.05, 0.1) is 6.54 Å². The maximum absolute atomic E-state index is 12.9. The summed E-state index contributed by atoms with van der Waals surface area (Å²) in [5, 5.41) is 0. The van der Waals surface area contributed by atoms with Crippen LogP contribution in [0.4, 0.5) is 8.78 Å². The summed E-state index contributed by atoms with van der Waals surface area (Å²) < 4.78 is 25.9. The summed E-state index contributed by atoms with van der Waals surface area (Å²) in [6.07, 6.45) is 2.90. The summed E-state index contributed by atoms with van der Waals surface area (Å²) in [5.41, 5.74) is 5.26. The molecule has 1 aliphatic rings. The Labute approximate surface area is 78.7 Å². The number of rotatable bonds is 3. The van der Waals surface area contributed by atoms with Gasteiger partial charge in [-0.25, -0.2) is 8.78 Å². The predicted octanol–water partition coefficient (Wildman–Crippen LogP) is 2.80. The Morgan fingerprint density at radius 3 is 2.46 bits per heavy atom. The van der Waals surface area contributed by atoms with Gasteiger partial charge in [-0.3, -0.25) is 0 Å². The lowest BCUT2D eigenvalue weighted by Crippen LogP contribution is -2.30. The van der Waals surface area contributed by atoms with Crippen molar-refractivity contribution in [1.29, 1.82) is 0 Å². The molecule has 0 spiro atoms. The van der Waals surface area contributed by atoms with Gasteiger partial charge in [0.2, 0.25) is 0 Å². The summed E-state index contributed by atoms with van der Waals surface area (Å²) in [6.45, 7) is 3.78. The SMILES string of the molecule is CC1(C)CCC(CC(F)(F)CN)C1. The Hall–Kier alpha value is -0.180. The quantitative estimate of drug-likeness (QED) is 0.729. The molecule has 2 N–H and O–H groups in total. The van der Waals surface area contributed by atoms with Crippen molar-refractivity contribution in [3.63, 3.8) is 0 Å². The first-order valence-electron chi connectivity index (χ1n) is 4.93. The highest BCUT2D eigenvalue weighted by atomic mass is 19.3. The van der Waals surface area contributed by atoms with Gasteiger partial charge in [0.25, 0.3) is 5.92 Å². The molecule has 0 aromatic carbocycles. The van der Waals surface area contributed by atoms with E-state index in [9.17, 15) is 8.78 Å². The zero-order valence-electron chi connectivity index (χ0n) is 8.45. The fraction of sp³-hybridized carbons (Fsp3) is 1.00. The lowest BCUT2D eigenvalue weighted by Gasteiger charge is -2.20. The Balaban J connectivity index is 2.40.